The van der Waals surface area contributed by atoms with Crippen molar-refractivity contribution in [3.05, 3.63) is 106 Å². The Morgan fingerprint density at radius 3 is 1.38 bits per heavy atom. The minimum atomic E-state index is 1.01. The molecular weight excluding hydrogens is 605 g/mol. The number of unbranched alkanes of at least 4 members (excludes halogenated alkanes) is 19. The number of benzene rings is 2. The van der Waals surface area contributed by atoms with Gasteiger partial charge in [-0.25, -0.2) is 4.68 Å². The summed E-state index contributed by atoms with van der Waals surface area (Å²) in [5.41, 5.74) is 9.52. The first-order valence-corrected chi connectivity index (χ1v) is 21.3. The number of nitrogens with zero attached hydrogens (tertiary/aromatic N) is 1. The van der Waals surface area contributed by atoms with Gasteiger partial charge in [0, 0.05) is 11.1 Å². The largest absolute Gasteiger partial charge is 0.448 e. The first-order valence-electron chi connectivity index (χ1n) is 21.3. The van der Waals surface area contributed by atoms with Gasteiger partial charge in [0.05, 0.1) is 11.1 Å². The van der Waals surface area contributed by atoms with E-state index in [2.05, 4.69) is 94.5 Å². The van der Waals surface area contributed by atoms with Crippen molar-refractivity contribution in [1.82, 2.24) is 0 Å². The second-order valence-corrected chi connectivity index (χ2v) is 14.9. The summed E-state index contributed by atoms with van der Waals surface area (Å²) in [7, 11) is 0. The quantitative estimate of drug-likeness (QED) is 0.0633. The van der Waals surface area contributed by atoms with Crippen molar-refractivity contribution < 1.29 is 4.68 Å². The molecule has 0 aliphatic carbocycles. The highest BCUT2D eigenvalue weighted by atomic mass is 15.3. The highest BCUT2D eigenvalue weighted by Crippen LogP contribution is 2.36. The average Bonchev–Trinajstić information content (AvgIpc) is 3.42. The van der Waals surface area contributed by atoms with Crippen LogP contribution in [0.15, 0.2) is 77.9 Å². The molecule has 3 rings (SSSR count). The molecule has 1 N–H and O–H groups in total. The Morgan fingerprint density at radius 2 is 0.920 bits per heavy atom. The van der Waals surface area contributed by atoms with Crippen LogP contribution in [0.4, 0.5) is 0 Å². The lowest BCUT2D eigenvalue weighted by Gasteiger charge is -2.09. The molecule has 0 aromatic heterocycles. The van der Waals surface area contributed by atoms with Gasteiger partial charge in [-0.1, -0.05) is 186 Å². The SMILES string of the molecule is CCCC=C1C(C=CCCCCCCCCCCCCCCCCCC)=C(c2ccc(CCCC)cc2)[N+]([NH-])=C1c1ccc(CCCC)cc1. The van der Waals surface area contributed by atoms with Crippen molar-refractivity contribution in [2.24, 2.45) is 0 Å². The van der Waals surface area contributed by atoms with E-state index in [0.29, 0.717) is 0 Å². The van der Waals surface area contributed by atoms with Crippen LogP contribution in [0.25, 0.3) is 11.5 Å². The van der Waals surface area contributed by atoms with Crippen molar-refractivity contribution in [3.63, 3.8) is 0 Å². The van der Waals surface area contributed by atoms with E-state index in [4.69, 9.17) is 0 Å². The van der Waals surface area contributed by atoms with Gasteiger partial charge in [-0.05, 0) is 80.3 Å². The lowest BCUT2D eigenvalue weighted by atomic mass is 9.93. The zero-order chi connectivity index (χ0) is 35.7. The molecule has 0 amide bonds. The Kier molecular flexibility index (Phi) is 21.6. The van der Waals surface area contributed by atoms with Crippen molar-refractivity contribution >= 4 is 11.4 Å². The number of nitrogens with one attached hydrogen (secondary N) is 1. The average molecular weight is 679 g/mol. The standard InChI is InChI=1S/C48H74N2/c1-5-9-13-14-15-16-17-18-19-20-21-22-23-24-25-26-27-28-32-46-45(31-12-8-4)47(43-37-33-41(34-38-43)29-10-6-2)50(49)48(46)44-39-35-42(36-40-44)30-11-7-3/h28,31-40,49H,5-27,29-30H2,1-4H3. The zero-order valence-corrected chi connectivity index (χ0v) is 33.0. The normalized spacial score (nSPS) is 14.3. The van der Waals surface area contributed by atoms with E-state index in [1.54, 1.807) is 4.68 Å². The lowest BCUT2D eigenvalue weighted by molar-refractivity contribution is -0.347. The summed E-state index contributed by atoms with van der Waals surface area (Å²) in [4.78, 5) is 0. The number of allylic oxidation sites excluding steroid dienone is 5. The smallest absolute Gasteiger partial charge is 0.216 e. The van der Waals surface area contributed by atoms with Crippen LogP contribution in [0.5, 0.6) is 0 Å². The van der Waals surface area contributed by atoms with Gasteiger partial charge in [-0.3, -0.25) is 0 Å². The second kappa shape index (κ2) is 26.0. The van der Waals surface area contributed by atoms with Gasteiger partial charge in [0.15, 0.2) is 0 Å². The van der Waals surface area contributed by atoms with Crippen molar-refractivity contribution in [1.29, 1.82) is 0 Å². The number of aryl methyl sites for hydroxylation is 2. The molecule has 276 valence electrons. The molecule has 0 saturated carbocycles. The van der Waals surface area contributed by atoms with Gasteiger partial charge in [0.2, 0.25) is 11.4 Å². The van der Waals surface area contributed by atoms with E-state index in [9.17, 15) is 5.84 Å². The molecule has 1 heterocycles. The van der Waals surface area contributed by atoms with Crippen molar-refractivity contribution in [2.75, 3.05) is 0 Å². The molecule has 0 unspecified atom stereocenters. The molecule has 1 aliphatic rings. The number of hydrogen-bond acceptors (Lipinski definition) is 0. The van der Waals surface area contributed by atoms with Crippen LogP contribution in [0, 0.1) is 0 Å². The van der Waals surface area contributed by atoms with Gasteiger partial charge in [0.1, 0.15) is 0 Å². The number of hydrogen-bond donors (Lipinski definition) is 0. The maximum Gasteiger partial charge on any atom is 0.216 e. The molecule has 2 nitrogen and oxygen atoms in total. The molecule has 0 radical (unpaired) electrons. The molecule has 2 heteroatoms. The third kappa shape index (κ3) is 14.8. The van der Waals surface area contributed by atoms with Crippen molar-refractivity contribution in [3.8, 4) is 0 Å². The molecule has 2 aromatic carbocycles. The number of rotatable bonds is 28. The van der Waals surface area contributed by atoms with E-state index in [1.807, 2.05) is 0 Å². The van der Waals surface area contributed by atoms with Crippen LogP contribution < -0.4 is 0 Å². The lowest BCUT2D eigenvalue weighted by Crippen LogP contribution is -2.11. The van der Waals surface area contributed by atoms with Gasteiger partial charge in [-0.2, -0.15) is 0 Å². The third-order valence-corrected chi connectivity index (χ3v) is 10.5. The summed E-state index contributed by atoms with van der Waals surface area (Å²) in [5.74, 6) is 9.52. The molecule has 1 aliphatic heterocycles. The summed E-state index contributed by atoms with van der Waals surface area (Å²) in [6.45, 7) is 9.06. The molecule has 0 saturated heterocycles. The van der Waals surface area contributed by atoms with Crippen LogP contribution >= 0.6 is 0 Å². The predicted octanol–water partition coefficient (Wildman–Crippen LogP) is 15.5. The maximum absolute atomic E-state index is 9.52. The Bertz CT molecular complexity index is 1300. The van der Waals surface area contributed by atoms with E-state index in [-0.39, 0.29) is 0 Å². The second-order valence-electron chi connectivity index (χ2n) is 14.9. The van der Waals surface area contributed by atoms with Gasteiger partial charge in [-0.15, -0.1) is 0 Å². The summed E-state index contributed by atoms with van der Waals surface area (Å²) in [6, 6.07) is 18.1. The maximum atomic E-state index is 9.52. The minimum Gasteiger partial charge on any atom is -0.448 e. The van der Waals surface area contributed by atoms with E-state index in [0.717, 1.165) is 54.6 Å². The van der Waals surface area contributed by atoms with Gasteiger partial charge < -0.3 is 5.84 Å². The summed E-state index contributed by atoms with van der Waals surface area (Å²) in [5, 5.41) is 0. The van der Waals surface area contributed by atoms with E-state index < -0.39 is 0 Å². The van der Waals surface area contributed by atoms with Crippen LogP contribution in [-0.2, 0) is 12.8 Å². The summed E-state index contributed by atoms with van der Waals surface area (Å²) < 4.78 is 1.73. The monoisotopic (exact) mass is 679 g/mol. The Labute approximate surface area is 309 Å². The topological polar surface area (TPSA) is 26.8 Å². The first-order chi connectivity index (χ1) is 24.6. The molecule has 0 fully saturated rings. The molecule has 50 heavy (non-hydrogen) atoms. The molecule has 0 atom stereocenters. The van der Waals surface area contributed by atoms with Gasteiger partial charge >= 0.3 is 0 Å². The Hall–Kier alpha value is -2.87. The summed E-state index contributed by atoms with van der Waals surface area (Å²) in [6.07, 6.45) is 39.9. The third-order valence-electron chi connectivity index (χ3n) is 10.5. The summed E-state index contributed by atoms with van der Waals surface area (Å²) >= 11 is 0. The fraction of sp³-hybridized carbons (Fsp3) is 0.604. The Balaban J connectivity index is 1.59. The van der Waals surface area contributed by atoms with E-state index in [1.165, 1.54) is 151 Å². The highest BCUT2D eigenvalue weighted by molar-refractivity contribution is 6.17. The minimum absolute atomic E-state index is 1.01. The van der Waals surface area contributed by atoms with Gasteiger partial charge in [0.25, 0.3) is 0 Å². The predicted molar refractivity (Wildman–Crippen MR) is 222 cm³/mol. The molecular formula is C48H74N2. The fourth-order valence-corrected chi connectivity index (χ4v) is 7.27. The van der Waals surface area contributed by atoms with Crippen LogP contribution in [0.1, 0.15) is 198 Å². The molecule has 0 spiro atoms. The molecule has 2 aromatic rings. The fourth-order valence-electron chi connectivity index (χ4n) is 7.27. The van der Waals surface area contributed by atoms with Crippen LogP contribution in [0.2, 0.25) is 0 Å². The highest BCUT2D eigenvalue weighted by Gasteiger charge is 2.34. The Morgan fingerprint density at radius 1 is 0.480 bits per heavy atom. The first kappa shape index (κ1) is 41.5. The zero-order valence-electron chi connectivity index (χ0n) is 33.0. The molecule has 0 bridgehead atoms. The van der Waals surface area contributed by atoms with Crippen LogP contribution in [-0.4, -0.2) is 10.4 Å². The van der Waals surface area contributed by atoms with E-state index >= 15 is 0 Å². The van der Waals surface area contributed by atoms with Crippen molar-refractivity contribution in [2.45, 2.75) is 188 Å². The van der Waals surface area contributed by atoms with Crippen LogP contribution in [0.3, 0.4) is 0 Å².